The van der Waals surface area contributed by atoms with Crippen molar-refractivity contribution < 1.29 is 14.5 Å². The Morgan fingerprint density at radius 1 is 1.39 bits per heavy atom. The Labute approximate surface area is 135 Å². The molecule has 2 saturated carbocycles. The van der Waals surface area contributed by atoms with Gasteiger partial charge in [-0.1, -0.05) is 18.6 Å². The van der Waals surface area contributed by atoms with Crippen molar-refractivity contribution >= 4 is 11.6 Å². The van der Waals surface area contributed by atoms with E-state index >= 15 is 0 Å². The molecule has 2 atom stereocenters. The lowest BCUT2D eigenvalue weighted by Crippen LogP contribution is -2.67. The summed E-state index contributed by atoms with van der Waals surface area (Å²) in [5.74, 6) is -0.0231. The van der Waals surface area contributed by atoms with Crippen LogP contribution in [0, 0.1) is 15.5 Å². The van der Waals surface area contributed by atoms with Gasteiger partial charge in [-0.15, -0.1) is 0 Å². The fourth-order valence-corrected chi connectivity index (χ4v) is 3.81. The lowest BCUT2D eigenvalue weighted by atomic mass is 9.51. The van der Waals surface area contributed by atoms with Crippen LogP contribution >= 0.6 is 0 Å². The first kappa shape index (κ1) is 15.9. The number of carbonyl (C=O) groups is 1. The number of nitrogens with one attached hydrogen (secondary N) is 1. The smallest absolute Gasteiger partial charge is 0.269 e. The van der Waals surface area contributed by atoms with Crippen LogP contribution in [0.2, 0.25) is 0 Å². The summed E-state index contributed by atoms with van der Waals surface area (Å²) in [6.07, 6.45) is 4.88. The average molecular weight is 318 g/mol. The summed E-state index contributed by atoms with van der Waals surface area (Å²) in [6, 6.07) is 6.36. The van der Waals surface area contributed by atoms with Crippen molar-refractivity contribution in [2.75, 3.05) is 6.61 Å². The lowest BCUT2D eigenvalue weighted by Gasteiger charge is -2.61. The zero-order valence-corrected chi connectivity index (χ0v) is 13.3. The highest BCUT2D eigenvalue weighted by molar-refractivity contribution is 5.79. The zero-order chi connectivity index (χ0) is 16.4. The van der Waals surface area contributed by atoms with E-state index in [1.807, 2.05) is 6.92 Å². The number of rotatable bonds is 6. The Bertz CT molecular complexity index is 595. The molecule has 1 amide bonds. The highest BCUT2D eigenvalue weighted by atomic mass is 16.6. The molecule has 23 heavy (non-hydrogen) atoms. The van der Waals surface area contributed by atoms with E-state index in [1.54, 1.807) is 12.1 Å². The molecule has 0 heterocycles. The van der Waals surface area contributed by atoms with Crippen LogP contribution in [-0.2, 0) is 16.0 Å². The van der Waals surface area contributed by atoms with Crippen molar-refractivity contribution in [3.8, 4) is 0 Å². The summed E-state index contributed by atoms with van der Waals surface area (Å²) < 4.78 is 5.79. The summed E-state index contributed by atoms with van der Waals surface area (Å²) in [5, 5.41) is 13.8. The van der Waals surface area contributed by atoms with E-state index in [9.17, 15) is 14.9 Å². The number of nitrogens with zero attached hydrogens (tertiary/aromatic N) is 1. The normalized spacial score (nSPS) is 24.6. The van der Waals surface area contributed by atoms with Gasteiger partial charge in [0.25, 0.3) is 5.69 Å². The van der Waals surface area contributed by atoms with E-state index in [4.69, 9.17) is 4.74 Å². The Balaban J connectivity index is 1.55. The Morgan fingerprint density at radius 3 is 2.61 bits per heavy atom. The van der Waals surface area contributed by atoms with Gasteiger partial charge in [-0.05, 0) is 31.7 Å². The van der Waals surface area contributed by atoms with Crippen LogP contribution in [0.1, 0.15) is 38.2 Å². The third kappa shape index (κ3) is 2.95. The average Bonchev–Trinajstić information content (AvgIpc) is 2.44. The molecular formula is C17H22N2O4. The van der Waals surface area contributed by atoms with Crippen LogP contribution in [-0.4, -0.2) is 29.6 Å². The molecule has 0 aromatic heterocycles. The lowest BCUT2D eigenvalue weighted by molar-refractivity contribution is -0.384. The van der Waals surface area contributed by atoms with Gasteiger partial charge in [0.05, 0.1) is 17.4 Å². The van der Waals surface area contributed by atoms with Gasteiger partial charge in [-0.3, -0.25) is 14.9 Å². The molecule has 1 N–H and O–H groups in total. The van der Waals surface area contributed by atoms with Crippen LogP contribution in [0.25, 0.3) is 0 Å². The second-order valence-electron chi connectivity index (χ2n) is 6.49. The number of amides is 1. The monoisotopic (exact) mass is 318 g/mol. The fraction of sp³-hybridized carbons (Fsp3) is 0.588. The van der Waals surface area contributed by atoms with Crippen molar-refractivity contribution in [2.45, 2.75) is 51.2 Å². The molecule has 6 nitrogen and oxygen atoms in total. The van der Waals surface area contributed by atoms with Gasteiger partial charge in [0.1, 0.15) is 0 Å². The van der Waals surface area contributed by atoms with Crippen LogP contribution in [0.4, 0.5) is 5.69 Å². The van der Waals surface area contributed by atoms with E-state index in [-0.39, 0.29) is 35.6 Å². The second-order valence-corrected chi connectivity index (χ2v) is 6.49. The first-order valence-corrected chi connectivity index (χ1v) is 8.19. The van der Waals surface area contributed by atoms with Gasteiger partial charge in [0, 0.05) is 30.2 Å². The molecule has 0 aliphatic heterocycles. The maximum Gasteiger partial charge on any atom is 0.269 e. The molecule has 6 heteroatoms. The van der Waals surface area contributed by atoms with Crippen molar-refractivity contribution in [1.29, 1.82) is 0 Å². The minimum Gasteiger partial charge on any atom is -0.378 e. The van der Waals surface area contributed by atoms with Crippen molar-refractivity contribution in [3.05, 3.63) is 39.9 Å². The van der Waals surface area contributed by atoms with E-state index in [1.165, 1.54) is 18.6 Å². The third-order valence-electron chi connectivity index (χ3n) is 5.28. The molecule has 1 spiro atoms. The number of benzene rings is 1. The molecule has 3 rings (SSSR count). The minimum absolute atomic E-state index is 0.0231. The van der Waals surface area contributed by atoms with Crippen molar-refractivity contribution in [2.24, 2.45) is 5.41 Å². The maximum absolute atomic E-state index is 12.2. The highest BCUT2D eigenvalue weighted by Crippen LogP contribution is 2.57. The number of nitro groups is 1. The van der Waals surface area contributed by atoms with Gasteiger partial charge in [0.2, 0.25) is 5.91 Å². The first-order valence-electron chi connectivity index (χ1n) is 8.19. The standard InChI is InChI=1S/C17H22N2O4/c1-2-23-15-11-14(17(15)8-3-9-17)18-16(20)10-12-4-6-13(7-5-12)19(21)22/h4-7,14-15H,2-3,8-11H2,1H3,(H,18,20)/t14-,15+/m1/s1. The van der Waals surface area contributed by atoms with Crippen LogP contribution in [0.5, 0.6) is 0 Å². The summed E-state index contributed by atoms with van der Waals surface area (Å²) in [4.78, 5) is 22.4. The predicted octanol–water partition coefficient (Wildman–Crippen LogP) is 2.60. The van der Waals surface area contributed by atoms with E-state index in [2.05, 4.69) is 5.32 Å². The van der Waals surface area contributed by atoms with E-state index in [0.29, 0.717) is 0 Å². The van der Waals surface area contributed by atoms with Gasteiger partial charge in [-0.25, -0.2) is 0 Å². The van der Waals surface area contributed by atoms with Crippen molar-refractivity contribution in [1.82, 2.24) is 5.32 Å². The molecule has 1 aromatic rings. The van der Waals surface area contributed by atoms with Crippen LogP contribution in [0.15, 0.2) is 24.3 Å². The van der Waals surface area contributed by atoms with E-state index < -0.39 is 4.92 Å². The Kier molecular flexibility index (Phi) is 4.35. The number of hydrogen-bond acceptors (Lipinski definition) is 4. The quantitative estimate of drug-likeness (QED) is 0.645. The highest BCUT2D eigenvalue weighted by Gasteiger charge is 2.59. The number of non-ortho nitro benzene ring substituents is 1. The number of ether oxygens (including phenoxy) is 1. The van der Waals surface area contributed by atoms with E-state index in [0.717, 1.165) is 31.4 Å². The Hall–Kier alpha value is -1.95. The molecule has 1 aromatic carbocycles. The van der Waals surface area contributed by atoms with Gasteiger partial charge in [-0.2, -0.15) is 0 Å². The van der Waals surface area contributed by atoms with Gasteiger partial charge < -0.3 is 10.1 Å². The SMILES string of the molecule is CCO[C@H]1C[C@@H](NC(=O)Cc2ccc([N+](=O)[O-])cc2)C12CCC2. The first-order chi connectivity index (χ1) is 11.0. The second kappa shape index (κ2) is 6.28. The molecule has 2 fully saturated rings. The number of hydrogen-bond donors (Lipinski definition) is 1. The molecule has 0 bridgehead atoms. The Morgan fingerprint density at radius 2 is 2.09 bits per heavy atom. The minimum atomic E-state index is -0.438. The molecule has 124 valence electrons. The summed E-state index contributed by atoms with van der Waals surface area (Å²) in [7, 11) is 0. The molecule has 0 radical (unpaired) electrons. The van der Waals surface area contributed by atoms with Crippen molar-refractivity contribution in [3.63, 3.8) is 0 Å². The fourth-order valence-electron chi connectivity index (χ4n) is 3.81. The van der Waals surface area contributed by atoms with Crippen LogP contribution < -0.4 is 5.32 Å². The largest absolute Gasteiger partial charge is 0.378 e. The molecule has 0 unspecified atom stereocenters. The molecule has 0 saturated heterocycles. The summed E-state index contributed by atoms with van der Waals surface area (Å²) in [6.45, 7) is 2.72. The molecule has 2 aliphatic rings. The van der Waals surface area contributed by atoms with Gasteiger partial charge in [0.15, 0.2) is 0 Å². The molecule has 2 aliphatic carbocycles. The van der Waals surface area contributed by atoms with Gasteiger partial charge >= 0.3 is 0 Å². The zero-order valence-electron chi connectivity index (χ0n) is 13.3. The topological polar surface area (TPSA) is 81.5 Å². The third-order valence-corrected chi connectivity index (χ3v) is 5.28. The maximum atomic E-state index is 12.2. The molecular weight excluding hydrogens is 296 g/mol. The summed E-state index contributed by atoms with van der Waals surface area (Å²) in [5.41, 5.74) is 0.985. The summed E-state index contributed by atoms with van der Waals surface area (Å²) >= 11 is 0. The van der Waals surface area contributed by atoms with Crippen LogP contribution in [0.3, 0.4) is 0 Å². The number of carbonyl (C=O) groups excluding carboxylic acids is 1. The predicted molar refractivity (Wildman–Crippen MR) is 85.0 cm³/mol. The number of nitro benzene ring substituents is 1.